The Labute approximate surface area is 134 Å². The van der Waals surface area contributed by atoms with Crippen molar-refractivity contribution in [1.82, 2.24) is 9.71 Å². The minimum absolute atomic E-state index is 0.136. The van der Waals surface area contributed by atoms with Gasteiger partial charge in [-0.2, -0.15) is 0 Å². The number of pyridine rings is 1. The number of hydrogen-bond donors (Lipinski definition) is 1. The van der Waals surface area contributed by atoms with Gasteiger partial charge in [-0.15, -0.1) is 0 Å². The van der Waals surface area contributed by atoms with Crippen molar-refractivity contribution < 1.29 is 8.42 Å². The van der Waals surface area contributed by atoms with Gasteiger partial charge in [0, 0.05) is 21.8 Å². The molecule has 0 bridgehead atoms. The predicted molar refractivity (Wildman–Crippen MR) is 84.9 cm³/mol. The molecule has 0 aliphatic heterocycles. The Morgan fingerprint density at radius 3 is 2.43 bits per heavy atom. The van der Waals surface area contributed by atoms with E-state index >= 15 is 0 Å². The van der Waals surface area contributed by atoms with Gasteiger partial charge in [-0.1, -0.05) is 35.3 Å². The summed E-state index contributed by atoms with van der Waals surface area (Å²) in [6, 6.07) is 8.58. The highest BCUT2D eigenvalue weighted by Gasteiger charge is 2.16. The van der Waals surface area contributed by atoms with E-state index in [1.165, 1.54) is 0 Å². The molecule has 0 radical (unpaired) electrons. The van der Waals surface area contributed by atoms with Crippen LogP contribution in [0.5, 0.6) is 0 Å². The normalized spacial score (nSPS) is 11.6. The molecule has 1 aromatic carbocycles. The first-order valence-electron chi connectivity index (χ1n) is 6.20. The molecule has 0 aliphatic carbocycles. The first-order chi connectivity index (χ1) is 9.89. The molecule has 2 aromatic rings. The summed E-state index contributed by atoms with van der Waals surface area (Å²) in [6.07, 6.45) is 1.63. The lowest BCUT2D eigenvalue weighted by Crippen LogP contribution is -2.25. The largest absolute Gasteiger partial charge is 0.260 e. The van der Waals surface area contributed by atoms with E-state index in [1.54, 1.807) is 30.5 Å². The molecule has 0 unspecified atom stereocenters. The Hall–Kier alpha value is -1.14. The molecule has 21 heavy (non-hydrogen) atoms. The van der Waals surface area contributed by atoms with Gasteiger partial charge in [0.25, 0.3) is 0 Å². The molecule has 0 aliphatic rings. The first kappa shape index (κ1) is 16.2. The maximum atomic E-state index is 12.1. The number of rotatable bonds is 5. The summed E-state index contributed by atoms with van der Waals surface area (Å²) in [5, 5.41) is 0.670. The van der Waals surface area contributed by atoms with E-state index in [4.69, 9.17) is 23.2 Å². The first-order valence-corrected chi connectivity index (χ1v) is 8.60. The molecule has 0 amide bonds. The van der Waals surface area contributed by atoms with Crippen LogP contribution in [0.3, 0.4) is 0 Å². The number of aryl methyl sites for hydroxylation is 1. The van der Waals surface area contributed by atoms with Gasteiger partial charge in [-0.3, -0.25) is 4.98 Å². The van der Waals surface area contributed by atoms with Crippen LogP contribution in [0.1, 0.15) is 16.8 Å². The molecule has 1 N–H and O–H groups in total. The number of nitrogens with zero attached hydrogens (tertiary/aromatic N) is 1. The third-order valence-electron chi connectivity index (χ3n) is 2.97. The van der Waals surface area contributed by atoms with Crippen LogP contribution in [0.15, 0.2) is 36.5 Å². The quantitative estimate of drug-likeness (QED) is 0.904. The summed E-state index contributed by atoms with van der Waals surface area (Å²) in [6.45, 7) is 2.01. The van der Waals surface area contributed by atoms with Crippen molar-refractivity contribution in [2.45, 2.75) is 19.2 Å². The molecule has 0 saturated carbocycles. The van der Waals surface area contributed by atoms with Gasteiger partial charge in [-0.25, -0.2) is 13.1 Å². The van der Waals surface area contributed by atoms with E-state index in [9.17, 15) is 8.42 Å². The fraction of sp³-hybridized carbons (Fsp3) is 0.214. The van der Waals surface area contributed by atoms with Gasteiger partial charge in [0.2, 0.25) is 10.0 Å². The fourth-order valence-corrected chi connectivity index (χ4v) is 3.63. The van der Waals surface area contributed by atoms with Crippen molar-refractivity contribution in [2.24, 2.45) is 0 Å². The summed E-state index contributed by atoms with van der Waals surface area (Å²) in [4.78, 5) is 4.14. The van der Waals surface area contributed by atoms with E-state index in [1.807, 2.05) is 13.0 Å². The number of nitrogens with one attached hydrogen (secondary N) is 1. The van der Waals surface area contributed by atoms with Crippen LogP contribution in [0.25, 0.3) is 0 Å². The third kappa shape index (κ3) is 4.41. The molecule has 0 saturated heterocycles. The van der Waals surface area contributed by atoms with Crippen LogP contribution >= 0.6 is 23.2 Å². The van der Waals surface area contributed by atoms with Crippen molar-refractivity contribution in [2.75, 3.05) is 0 Å². The predicted octanol–water partition coefficient (Wildman–Crippen LogP) is 3.32. The van der Waals surface area contributed by atoms with Crippen LogP contribution in [0.2, 0.25) is 10.0 Å². The second-order valence-corrected chi connectivity index (χ2v) is 7.17. The van der Waals surface area contributed by atoms with E-state index in [0.717, 1.165) is 5.56 Å². The summed E-state index contributed by atoms with van der Waals surface area (Å²) < 4.78 is 26.8. The molecular weight excluding hydrogens is 331 g/mol. The highest BCUT2D eigenvalue weighted by molar-refractivity contribution is 7.88. The van der Waals surface area contributed by atoms with Crippen molar-refractivity contribution in [1.29, 1.82) is 0 Å². The second kappa shape index (κ2) is 6.75. The molecule has 7 heteroatoms. The average Bonchev–Trinajstić information content (AvgIpc) is 2.42. The minimum atomic E-state index is -3.55. The maximum Gasteiger partial charge on any atom is 0.216 e. The second-order valence-electron chi connectivity index (χ2n) is 4.55. The lowest BCUT2D eigenvalue weighted by Gasteiger charge is -2.10. The zero-order valence-corrected chi connectivity index (χ0v) is 13.6. The van der Waals surface area contributed by atoms with Crippen LogP contribution in [-0.2, 0) is 22.3 Å². The van der Waals surface area contributed by atoms with Crippen LogP contribution in [0.4, 0.5) is 0 Å². The SMILES string of the molecule is Cc1cccnc1CNS(=O)(=O)Cc1c(Cl)cccc1Cl. The highest BCUT2D eigenvalue weighted by atomic mass is 35.5. The Morgan fingerprint density at radius 2 is 1.81 bits per heavy atom. The van der Waals surface area contributed by atoms with Gasteiger partial charge in [0.1, 0.15) is 0 Å². The Bertz CT molecular complexity index is 728. The van der Waals surface area contributed by atoms with Crippen LogP contribution < -0.4 is 4.72 Å². The number of aromatic nitrogens is 1. The van der Waals surface area contributed by atoms with Gasteiger partial charge in [0.05, 0.1) is 18.0 Å². The lowest BCUT2D eigenvalue weighted by atomic mass is 10.2. The highest BCUT2D eigenvalue weighted by Crippen LogP contribution is 2.25. The number of halogens is 2. The van der Waals surface area contributed by atoms with E-state index in [-0.39, 0.29) is 12.3 Å². The average molecular weight is 345 g/mol. The molecule has 4 nitrogen and oxygen atoms in total. The monoisotopic (exact) mass is 344 g/mol. The minimum Gasteiger partial charge on any atom is -0.260 e. The molecule has 0 atom stereocenters. The number of hydrogen-bond acceptors (Lipinski definition) is 3. The molecular formula is C14H14Cl2N2O2S. The fourth-order valence-electron chi connectivity index (χ4n) is 1.79. The summed E-state index contributed by atoms with van der Waals surface area (Å²) in [5.41, 5.74) is 2.01. The van der Waals surface area contributed by atoms with Crippen molar-refractivity contribution in [3.63, 3.8) is 0 Å². The molecule has 1 heterocycles. The Morgan fingerprint density at radius 1 is 1.14 bits per heavy atom. The Kier molecular flexibility index (Phi) is 5.22. The van der Waals surface area contributed by atoms with Gasteiger partial charge >= 0.3 is 0 Å². The molecule has 0 spiro atoms. The van der Waals surface area contributed by atoms with Crippen molar-refractivity contribution >= 4 is 33.2 Å². The molecule has 1 aromatic heterocycles. The lowest BCUT2D eigenvalue weighted by molar-refractivity contribution is 0.579. The van der Waals surface area contributed by atoms with E-state index < -0.39 is 10.0 Å². The van der Waals surface area contributed by atoms with E-state index in [0.29, 0.717) is 21.3 Å². The maximum absolute atomic E-state index is 12.1. The smallest absolute Gasteiger partial charge is 0.216 e. The summed E-state index contributed by atoms with van der Waals surface area (Å²) >= 11 is 12.0. The third-order valence-corrected chi connectivity index (χ3v) is 4.93. The van der Waals surface area contributed by atoms with Crippen LogP contribution in [0, 0.1) is 6.92 Å². The van der Waals surface area contributed by atoms with E-state index in [2.05, 4.69) is 9.71 Å². The van der Waals surface area contributed by atoms with Crippen molar-refractivity contribution in [3.05, 3.63) is 63.4 Å². The number of benzene rings is 1. The molecule has 0 fully saturated rings. The zero-order chi connectivity index (χ0) is 15.5. The number of sulfonamides is 1. The standard InChI is InChI=1S/C14H14Cl2N2O2S/c1-10-4-3-7-17-14(10)8-18-21(19,20)9-11-12(15)5-2-6-13(11)16/h2-7,18H,8-9H2,1H3. The van der Waals surface area contributed by atoms with Gasteiger partial charge < -0.3 is 0 Å². The summed E-state index contributed by atoms with van der Waals surface area (Å²) in [7, 11) is -3.55. The van der Waals surface area contributed by atoms with Crippen molar-refractivity contribution in [3.8, 4) is 0 Å². The molecule has 2 rings (SSSR count). The topological polar surface area (TPSA) is 59.1 Å². The van der Waals surface area contributed by atoms with Gasteiger partial charge in [0.15, 0.2) is 0 Å². The van der Waals surface area contributed by atoms with Crippen LogP contribution in [-0.4, -0.2) is 13.4 Å². The summed E-state index contributed by atoms with van der Waals surface area (Å²) in [5.74, 6) is -0.266. The zero-order valence-electron chi connectivity index (χ0n) is 11.3. The van der Waals surface area contributed by atoms with Gasteiger partial charge in [-0.05, 0) is 30.7 Å². The molecule has 112 valence electrons. The Balaban J connectivity index is 2.11.